The molecule has 1 unspecified atom stereocenters. The number of rotatable bonds is 14. The van der Waals surface area contributed by atoms with Crippen molar-refractivity contribution in [1.82, 2.24) is 15.5 Å². The SMILES string of the molecule is CC(OC(=O)OC(COC(=O)[C@@H](NC(=O)OC(C)(C)C)C(C)C)COC(=O)[C@@H](NC(=O)OC(C)(C)C)C(C)C)OC(=O)C1=CCS[C@@H]2CC(=O)N12. The number of hydrogen-bond acceptors (Lipinski definition) is 15. The van der Waals surface area contributed by atoms with Crippen LogP contribution in [-0.2, 0) is 52.3 Å². The Morgan fingerprint density at radius 1 is 0.784 bits per heavy atom. The summed E-state index contributed by atoms with van der Waals surface area (Å²) >= 11 is 1.49. The van der Waals surface area contributed by atoms with Crippen LogP contribution in [0.2, 0.25) is 0 Å². The lowest BCUT2D eigenvalue weighted by atomic mass is 10.1. The average molecular weight is 746 g/mol. The number of amides is 3. The molecule has 0 aromatic carbocycles. The Labute approximate surface area is 302 Å². The zero-order chi connectivity index (χ0) is 38.8. The van der Waals surface area contributed by atoms with Crippen LogP contribution in [0.15, 0.2) is 11.8 Å². The summed E-state index contributed by atoms with van der Waals surface area (Å²) in [7, 11) is 0. The molecule has 17 nitrogen and oxygen atoms in total. The van der Waals surface area contributed by atoms with Gasteiger partial charge in [0.05, 0.1) is 11.8 Å². The molecule has 18 heteroatoms. The van der Waals surface area contributed by atoms with Gasteiger partial charge in [-0.3, -0.25) is 9.69 Å². The number of β-lactam (4-membered cyclic amide) rings is 1. The number of carbonyl (C=O) groups excluding carboxylic acids is 7. The molecular weight excluding hydrogens is 694 g/mol. The zero-order valence-electron chi connectivity index (χ0n) is 31.0. The summed E-state index contributed by atoms with van der Waals surface area (Å²) in [5, 5.41) is 4.73. The summed E-state index contributed by atoms with van der Waals surface area (Å²) in [6.07, 6.45) is -4.20. The van der Waals surface area contributed by atoms with E-state index in [-0.39, 0.29) is 17.0 Å². The Morgan fingerprint density at radius 2 is 1.25 bits per heavy atom. The molecule has 2 heterocycles. The minimum atomic E-state index is -1.48. The molecular formula is C33H51N3O14S. The number of thioether (sulfide) groups is 1. The van der Waals surface area contributed by atoms with E-state index in [9.17, 15) is 33.6 Å². The quantitative estimate of drug-likeness (QED) is 0.112. The predicted octanol–water partition coefficient (Wildman–Crippen LogP) is 3.77. The van der Waals surface area contributed by atoms with E-state index in [0.717, 1.165) is 0 Å². The van der Waals surface area contributed by atoms with Gasteiger partial charge in [0.2, 0.25) is 12.2 Å². The second-order valence-corrected chi connectivity index (χ2v) is 15.6. The summed E-state index contributed by atoms with van der Waals surface area (Å²) in [6, 6.07) is -2.33. The van der Waals surface area contributed by atoms with Gasteiger partial charge in [0.15, 0.2) is 6.10 Å². The van der Waals surface area contributed by atoms with E-state index in [1.54, 1.807) is 69.2 Å². The first-order valence-electron chi connectivity index (χ1n) is 16.5. The molecule has 0 radical (unpaired) electrons. The molecule has 288 valence electrons. The Kier molecular flexibility index (Phi) is 15.4. The lowest BCUT2D eigenvalue weighted by molar-refractivity contribution is -0.172. The van der Waals surface area contributed by atoms with Crippen molar-refractivity contribution in [2.24, 2.45) is 11.8 Å². The van der Waals surface area contributed by atoms with Gasteiger partial charge in [-0.2, -0.15) is 0 Å². The molecule has 0 aromatic heterocycles. The van der Waals surface area contributed by atoms with E-state index in [1.165, 1.54) is 29.7 Å². The molecule has 0 saturated carbocycles. The van der Waals surface area contributed by atoms with Gasteiger partial charge >= 0.3 is 36.2 Å². The van der Waals surface area contributed by atoms with Crippen molar-refractivity contribution >= 4 is 53.9 Å². The number of alkyl carbamates (subject to hydrolysis) is 2. The number of hydrogen-bond donors (Lipinski definition) is 2. The highest BCUT2D eigenvalue weighted by molar-refractivity contribution is 8.00. The topological polar surface area (TPSA) is 211 Å². The Balaban J connectivity index is 2.12. The molecule has 0 aromatic rings. The molecule has 1 fully saturated rings. The van der Waals surface area contributed by atoms with E-state index in [0.29, 0.717) is 12.2 Å². The van der Waals surface area contributed by atoms with Gasteiger partial charge in [-0.05, 0) is 59.5 Å². The maximum atomic E-state index is 13.0. The maximum Gasteiger partial charge on any atom is 0.511 e. The van der Waals surface area contributed by atoms with E-state index in [4.69, 9.17) is 33.2 Å². The normalized spacial score (nSPS) is 17.5. The summed E-state index contributed by atoms with van der Waals surface area (Å²) in [4.78, 5) is 89.6. The maximum absolute atomic E-state index is 13.0. The zero-order valence-corrected chi connectivity index (χ0v) is 31.8. The third kappa shape index (κ3) is 14.5. The largest absolute Gasteiger partial charge is 0.511 e. The van der Waals surface area contributed by atoms with Crippen LogP contribution in [-0.4, -0.2) is 107 Å². The van der Waals surface area contributed by atoms with Crippen molar-refractivity contribution in [3.8, 4) is 0 Å². The standard InChI is InChI=1S/C33H51N3O14S/c1-17(2)24(34-29(41)49-32(6,7)8)27(39)44-15-20(16-45-28(40)25(18(3)4)35-30(42)50-33(9,10)11)48-31(43)47-19(5)46-26(38)21-12-13-51-23-14-22(37)36(21)23/h12,17-20,23-25H,13-16H2,1-11H3,(H,34,41)(H,35,42)/t19?,23-,24+,25+/m1/s1. The monoisotopic (exact) mass is 745 g/mol. The van der Waals surface area contributed by atoms with E-state index in [1.807, 2.05) is 0 Å². The second-order valence-electron chi connectivity index (χ2n) is 14.4. The minimum absolute atomic E-state index is 0.0370. The predicted molar refractivity (Wildman–Crippen MR) is 181 cm³/mol. The molecule has 0 aliphatic carbocycles. The molecule has 2 aliphatic rings. The van der Waals surface area contributed by atoms with Crippen molar-refractivity contribution in [3.63, 3.8) is 0 Å². The average Bonchev–Trinajstić information content (AvgIpc) is 2.96. The Hall–Kier alpha value is -4.22. The van der Waals surface area contributed by atoms with Crippen LogP contribution in [0, 0.1) is 11.8 Å². The van der Waals surface area contributed by atoms with E-state index < -0.39 is 97.0 Å². The second kappa shape index (κ2) is 18.3. The van der Waals surface area contributed by atoms with Crippen LogP contribution >= 0.6 is 11.8 Å². The molecule has 4 atom stereocenters. The molecule has 1 saturated heterocycles. The van der Waals surface area contributed by atoms with Gasteiger partial charge in [0.1, 0.15) is 42.2 Å². The minimum Gasteiger partial charge on any atom is -0.460 e. The van der Waals surface area contributed by atoms with Gasteiger partial charge in [0.25, 0.3) is 0 Å². The number of carbonyl (C=O) groups is 7. The highest BCUT2D eigenvalue weighted by Gasteiger charge is 2.44. The van der Waals surface area contributed by atoms with Crippen molar-refractivity contribution in [3.05, 3.63) is 11.8 Å². The number of nitrogens with zero attached hydrogens (tertiary/aromatic N) is 1. The highest BCUT2D eigenvalue weighted by Crippen LogP contribution is 2.37. The van der Waals surface area contributed by atoms with Crippen LogP contribution < -0.4 is 10.6 Å². The number of nitrogens with one attached hydrogen (secondary N) is 2. The summed E-state index contributed by atoms with van der Waals surface area (Å²) in [5.74, 6) is -3.35. The molecule has 0 spiro atoms. The van der Waals surface area contributed by atoms with Gasteiger partial charge in [-0.15, -0.1) is 11.8 Å². The summed E-state index contributed by atoms with van der Waals surface area (Å²) in [5.41, 5.74) is -1.63. The lowest BCUT2D eigenvalue weighted by Crippen LogP contribution is -2.53. The fourth-order valence-corrected chi connectivity index (χ4v) is 5.49. The van der Waals surface area contributed by atoms with Crippen LogP contribution in [0.1, 0.15) is 82.6 Å². The Morgan fingerprint density at radius 3 is 1.67 bits per heavy atom. The van der Waals surface area contributed by atoms with Gasteiger partial charge in [-0.1, -0.05) is 27.7 Å². The highest BCUT2D eigenvalue weighted by atomic mass is 32.2. The summed E-state index contributed by atoms with van der Waals surface area (Å²) < 4.78 is 36.7. The van der Waals surface area contributed by atoms with Crippen molar-refractivity contribution in [1.29, 1.82) is 0 Å². The number of ether oxygens (including phenoxy) is 7. The molecule has 2 N–H and O–H groups in total. The first-order valence-corrected chi connectivity index (χ1v) is 17.6. The summed E-state index contributed by atoms with van der Waals surface area (Å²) in [6.45, 7) is 16.5. The van der Waals surface area contributed by atoms with E-state index >= 15 is 0 Å². The third-order valence-electron chi connectivity index (χ3n) is 6.75. The molecule has 2 aliphatic heterocycles. The number of esters is 3. The molecule has 3 amide bonds. The van der Waals surface area contributed by atoms with Crippen molar-refractivity contribution in [2.45, 2.75) is 124 Å². The number of fused-ring (bicyclic) bond motifs is 1. The fourth-order valence-electron chi connectivity index (χ4n) is 4.37. The molecule has 0 bridgehead atoms. The van der Waals surface area contributed by atoms with Crippen molar-refractivity contribution in [2.75, 3.05) is 19.0 Å². The van der Waals surface area contributed by atoms with Gasteiger partial charge in [0, 0.05) is 12.7 Å². The first-order chi connectivity index (χ1) is 23.5. The van der Waals surface area contributed by atoms with E-state index in [2.05, 4.69) is 10.6 Å². The van der Waals surface area contributed by atoms with Crippen LogP contribution in [0.3, 0.4) is 0 Å². The van der Waals surface area contributed by atoms with Crippen molar-refractivity contribution < 1.29 is 66.7 Å². The van der Waals surface area contributed by atoms with Gasteiger partial charge in [-0.25, -0.2) is 28.8 Å². The first kappa shape index (κ1) is 42.9. The molecule has 51 heavy (non-hydrogen) atoms. The van der Waals surface area contributed by atoms with Crippen LogP contribution in [0.5, 0.6) is 0 Å². The van der Waals surface area contributed by atoms with Crippen LogP contribution in [0.25, 0.3) is 0 Å². The Bertz CT molecular complexity index is 1280. The van der Waals surface area contributed by atoms with Crippen LogP contribution in [0.4, 0.5) is 14.4 Å². The lowest BCUT2D eigenvalue weighted by Gasteiger charge is -2.42. The van der Waals surface area contributed by atoms with Gasteiger partial charge < -0.3 is 43.8 Å². The fraction of sp³-hybridized carbons (Fsp3) is 0.727. The molecule has 2 rings (SSSR count). The smallest absolute Gasteiger partial charge is 0.460 e. The third-order valence-corrected chi connectivity index (χ3v) is 7.87.